The van der Waals surface area contributed by atoms with Crippen molar-refractivity contribution in [2.45, 2.75) is 6.92 Å². The van der Waals surface area contributed by atoms with Gasteiger partial charge in [-0.2, -0.15) is 0 Å². The summed E-state index contributed by atoms with van der Waals surface area (Å²) in [6.45, 7) is 2.68. The lowest BCUT2D eigenvalue weighted by Crippen LogP contribution is -2.52. The molecule has 0 aliphatic carbocycles. The molecule has 2 heterocycles. The summed E-state index contributed by atoms with van der Waals surface area (Å²) in [5, 5.41) is 5.62. The van der Waals surface area contributed by atoms with Crippen molar-refractivity contribution < 1.29 is 9.59 Å². The van der Waals surface area contributed by atoms with Gasteiger partial charge in [-0.05, 0) is 24.3 Å². The minimum absolute atomic E-state index is 0.0223. The van der Waals surface area contributed by atoms with Crippen LogP contribution in [-0.2, 0) is 9.59 Å². The third kappa shape index (κ3) is 4.40. The maximum absolute atomic E-state index is 12.5. The van der Waals surface area contributed by atoms with Crippen molar-refractivity contribution in [3.05, 3.63) is 67.0 Å². The van der Waals surface area contributed by atoms with E-state index in [1.54, 1.807) is 30.6 Å². The lowest BCUT2D eigenvalue weighted by molar-refractivity contribution is -0.120. The first-order valence-corrected chi connectivity index (χ1v) is 9.39. The summed E-state index contributed by atoms with van der Waals surface area (Å²) in [5.41, 5.74) is 3.30. The maximum atomic E-state index is 12.5. The van der Waals surface area contributed by atoms with Gasteiger partial charge in [-0.1, -0.05) is 30.3 Å². The van der Waals surface area contributed by atoms with Gasteiger partial charge in [-0.25, -0.2) is 9.97 Å². The minimum atomic E-state index is -0.128. The number of carbonyl (C=O) groups is 2. The van der Waals surface area contributed by atoms with Gasteiger partial charge in [0.1, 0.15) is 12.1 Å². The Hall–Kier alpha value is -3.74. The molecule has 0 spiro atoms. The topological polar surface area (TPSA) is 87.2 Å². The normalized spacial score (nSPS) is 13.5. The van der Waals surface area contributed by atoms with Gasteiger partial charge in [-0.3, -0.25) is 9.59 Å². The molecule has 2 N–H and O–H groups in total. The van der Waals surface area contributed by atoms with Crippen LogP contribution in [0, 0.1) is 5.92 Å². The lowest BCUT2D eigenvalue weighted by atomic mass is 9.99. The number of rotatable bonds is 5. The highest BCUT2D eigenvalue weighted by atomic mass is 16.2. The zero-order valence-corrected chi connectivity index (χ0v) is 16.0. The van der Waals surface area contributed by atoms with Crippen LogP contribution in [0.1, 0.15) is 6.92 Å². The summed E-state index contributed by atoms with van der Waals surface area (Å²) in [5.74, 6) is 0.574. The Morgan fingerprint density at radius 1 is 0.931 bits per heavy atom. The largest absolute Gasteiger partial charge is 0.355 e. The van der Waals surface area contributed by atoms with Crippen molar-refractivity contribution in [2.24, 2.45) is 5.92 Å². The molecular weight excluding hydrogens is 366 g/mol. The summed E-state index contributed by atoms with van der Waals surface area (Å²) in [7, 11) is 0. The van der Waals surface area contributed by atoms with Crippen molar-refractivity contribution >= 4 is 29.0 Å². The fourth-order valence-corrected chi connectivity index (χ4v) is 3.20. The van der Waals surface area contributed by atoms with E-state index < -0.39 is 0 Å². The molecule has 0 radical (unpaired) electrons. The van der Waals surface area contributed by atoms with Crippen molar-refractivity contribution in [1.29, 1.82) is 0 Å². The summed E-state index contributed by atoms with van der Waals surface area (Å²) in [6.07, 6.45) is 1.56. The van der Waals surface area contributed by atoms with Gasteiger partial charge in [0.2, 0.25) is 11.8 Å². The van der Waals surface area contributed by atoms with Gasteiger partial charge >= 0.3 is 0 Å². The molecule has 1 aromatic heterocycles. The molecule has 3 aromatic rings. The molecule has 2 amide bonds. The van der Waals surface area contributed by atoms with Crippen LogP contribution in [0.25, 0.3) is 11.3 Å². The highest BCUT2D eigenvalue weighted by Crippen LogP contribution is 2.27. The molecular formula is C22H21N5O2. The molecule has 0 atom stereocenters. The molecule has 1 aliphatic rings. The third-order valence-electron chi connectivity index (χ3n) is 4.77. The lowest BCUT2D eigenvalue weighted by Gasteiger charge is -2.39. The van der Waals surface area contributed by atoms with Crippen LogP contribution < -0.4 is 15.5 Å². The molecule has 0 bridgehead atoms. The number of aromatic nitrogens is 2. The van der Waals surface area contributed by atoms with E-state index in [1.807, 2.05) is 36.4 Å². The molecule has 29 heavy (non-hydrogen) atoms. The summed E-state index contributed by atoms with van der Waals surface area (Å²) < 4.78 is 0. The standard InChI is InChI=1S/C22H21N5O2/c1-15(28)25-18-7-9-19(10-8-18)26-22(29)17-12-27(13-17)21-11-20(23-14-24-21)16-5-3-2-4-6-16/h2-11,14,17H,12-13H2,1H3,(H,25,28)(H,26,29). The molecule has 1 fully saturated rings. The highest BCUT2D eigenvalue weighted by Gasteiger charge is 2.33. The number of nitrogens with one attached hydrogen (secondary N) is 2. The Bertz CT molecular complexity index is 1010. The van der Waals surface area contributed by atoms with Crippen molar-refractivity contribution in [2.75, 3.05) is 28.6 Å². The summed E-state index contributed by atoms with van der Waals surface area (Å²) >= 11 is 0. The quantitative estimate of drug-likeness (QED) is 0.702. The van der Waals surface area contributed by atoms with E-state index >= 15 is 0 Å². The first kappa shape index (κ1) is 18.6. The van der Waals surface area contributed by atoms with Gasteiger partial charge in [-0.15, -0.1) is 0 Å². The number of hydrogen-bond donors (Lipinski definition) is 2. The van der Waals surface area contributed by atoms with Crippen molar-refractivity contribution in [3.63, 3.8) is 0 Å². The second-order valence-corrected chi connectivity index (χ2v) is 6.98. The van der Waals surface area contributed by atoms with Gasteiger partial charge in [0, 0.05) is 43.0 Å². The molecule has 1 saturated heterocycles. The second kappa shape index (κ2) is 8.10. The van der Waals surface area contributed by atoms with Gasteiger partial charge in [0.05, 0.1) is 11.6 Å². The third-order valence-corrected chi connectivity index (χ3v) is 4.77. The summed E-state index contributed by atoms with van der Waals surface area (Å²) in [4.78, 5) is 34.3. The fourth-order valence-electron chi connectivity index (χ4n) is 3.20. The number of anilines is 3. The predicted molar refractivity (Wildman–Crippen MR) is 113 cm³/mol. The second-order valence-electron chi connectivity index (χ2n) is 6.98. The van der Waals surface area contributed by atoms with Crippen LogP contribution in [0.4, 0.5) is 17.2 Å². The Balaban J connectivity index is 1.34. The van der Waals surface area contributed by atoms with E-state index in [-0.39, 0.29) is 17.7 Å². The average Bonchev–Trinajstić information content (AvgIpc) is 2.69. The Morgan fingerprint density at radius 3 is 2.24 bits per heavy atom. The SMILES string of the molecule is CC(=O)Nc1ccc(NC(=O)C2CN(c3cc(-c4ccccc4)ncn3)C2)cc1. The van der Waals surface area contributed by atoms with Crippen molar-refractivity contribution in [1.82, 2.24) is 9.97 Å². The summed E-state index contributed by atoms with van der Waals surface area (Å²) in [6, 6.07) is 19.0. The van der Waals surface area contributed by atoms with Crippen molar-refractivity contribution in [3.8, 4) is 11.3 Å². The number of carbonyl (C=O) groups excluding carboxylic acids is 2. The number of nitrogens with zero attached hydrogens (tertiary/aromatic N) is 3. The molecule has 2 aromatic carbocycles. The smallest absolute Gasteiger partial charge is 0.231 e. The van der Waals surface area contributed by atoms with Crippen LogP contribution in [0.5, 0.6) is 0 Å². The Morgan fingerprint density at radius 2 is 1.59 bits per heavy atom. The van der Waals surface area contributed by atoms with Crippen LogP contribution in [0.3, 0.4) is 0 Å². The van der Waals surface area contributed by atoms with Crippen LogP contribution in [0.15, 0.2) is 67.0 Å². The zero-order chi connectivity index (χ0) is 20.2. The van der Waals surface area contributed by atoms with E-state index in [0.29, 0.717) is 24.5 Å². The molecule has 0 unspecified atom stereocenters. The Labute approximate surface area is 168 Å². The van der Waals surface area contributed by atoms with Crippen LogP contribution in [0.2, 0.25) is 0 Å². The monoisotopic (exact) mass is 387 g/mol. The van der Waals surface area contributed by atoms with Crippen LogP contribution >= 0.6 is 0 Å². The minimum Gasteiger partial charge on any atom is -0.355 e. The number of benzene rings is 2. The molecule has 146 valence electrons. The van der Waals surface area contributed by atoms with E-state index in [9.17, 15) is 9.59 Å². The van der Waals surface area contributed by atoms with Gasteiger partial charge < -0.3 is 15.5 Å². The first-order chi connectivity index (χ1) is 14.1. The van der Waals surface area contributed by atoms with E-state index in [2.05, 4.69) is 25.5 Å². The molecule has 0 saturated carbocycles. The molecule has 1 aliphatic heterocycles. The van der Waals surface area contributed by atoms with E-state index in [1.165, 1.54) is 6.92 Å². The number of hydrogen-bond acceptors (Lipinski definition) is 5. The average molecular weight is 387 g/mol. The number of amides is 2. The molecule has 7 nitrogen and oxygen atoms in total. The first-order valence-electron chi connectivity index (χ1n) is 9.39. The highest BCUT2D eigenvalue weighted by molar-refractivity contribution is 5.95. The molecule has 7 heteroatoms. The van der Waals surface area contributed by atoms with Gasteiger partial charge in [0.25, 0.3) is 0 Å². The van der Waals surface area contributed by atoms with E-state index in [4.69, 9.17) is 0 Å². The van der Waals surface area contributed by atoms with Crippen LogP contribution in [-0.4, -0.2) is 34.9 Å². The fraction of sp³-hybridized carbons (Fsp3) is 0.182. The van der Waals surface area contributed by atoms with Gasteiger partial charge in [0.15, 0.2) is 0 Å². The molecule has 4 rings (SSSR count). The van der Waals surface area contributed by atoms with E-state index in [0.717, 1.165) is 17.1 Å². The predicted octanol–water partition coefficient (Wildman–Crippen LogP) is 3.18. The zero-order valence-electron chi connectivity index (χ0n) is 16.0. The maximum Gasteiger partial charge on any atom is 0.231 e. The Kier molecular flexibility index (Phi) is 5.20.